The molecule has 0 aromatic carbocycles. The number of nitrogens with one attached hydrogen (secondary N) is 1. The molecule has 0 aliphatic carbocycles. The van der Waals surface area contributed by atoms with Gasteiger partial charge in [-0.15, -0.1) is 0 Å². The van der Waals surface area contributed by atoms with Gasteiger partial charge in [-0.25, -0.2) is 9.78 Å². The van der Waals surface area contributed by atoms with Gasteiger partial charge in [0.2, 0.25) is 0 Å². The zero-order valence-corrected chi connectivity index (χ0v) is 11.1. The van der Waals surface area contributed by atoms with Gasteiger partial charge in [0, 0.05) is 0 Å². The van der Waals surface area contributed by atoms with Crippen LogP contribution in [0.3, 0.4) is 0 Å². The van der Waals surface area contributed by atoms with E-state index in [9.17, 15) is 9.59 Å². The van der Waals surface area contributed by atoms with Crippen molar-refractivity contribution in [3.63, 3.8) is 0 Å². The molecule has 1 N–H and O–H groups in total. The second kappa shape index (κ2) is 6.30. The van der Waals surface area contributed by atoms with Crippen LogP contribution < -0.4 is 5.32 Å². The van der Waals surface area contributed by atoms with Crippen LogP contribution in [0.4, 0.5) is 0 Å². The van der Waals surface area contributed by atoms with Crippen LogP contribution in [0.15, 0.2) is 12.4 Å². The van der Waals surface area contributed by atoms with Gasteiger partial charge in [-0.05, 0) is 5.92 Å². The number of carbonyl (C=O) groups excluding carboxylic acids is 2. The van der Waals surface area contributed by atoms with Crippen LogP contribution in [0.2, 0.25) is 5.15 Å². The van der Waals surface area contributed by atoms with Gasteiger partial charge >= 0.3 is 5.97 Å². The Morgan fingerprint density at radius 1 is 1.39 bits per heavy atom. The first-order chi connectivity index (χ1) is 8.45. The maximum atomic E-state index is 11.9. The van der Waals surface area contributed by atoms with Crippen LogP contribution in [0.1, 0.15) is 24.3 Å². The predicted octanol–water partition coefficient (Wildman–Crippen LogP) is 1.06. The third kappa shape index (κ3) is 3.66. The number of aromatic nitrogens is 2. The second-order valence-electron chi connectivity index (χ2n) is 3.95. The largest absolute Gasteiger partial charge is 0.467 e. The standard InChI is InChI=1S/C11H14ClN3O3/c1-6(2)9(11(17)18-3)15-10(16)7-4-13-5-8(12)14-7/h4-6,9H,1-3H3,(H,15,16)/t9-/m0/s1. The van der Waals surface area contributed by atoms with Gasteiger partial charge in [0.25, 0.3) is 5.91 Å². The lowest BCUT2D eigenvalue weighted by Gasteiger charge is -2.19. The third-order valence-corrected chi connectivity index (χ3v) is 2.43. The minimum atomic E-state index is -0.733. The molecule has 1 atom stereocenters. The summed E-state index contributed by atoms with van der Waals surface area (Å²) in [6.07, 6.45) is 2.59. The summed E-state index contributed by atoms with van der Waals surface area (Å²) in [5.41, 5.74) is 0.0528. The fraction of sp³-hybridized carbons (Fsp3) is 0.455. The van der Waals surface area contributed by atoms with Crippen molar-refractivity contribution in [2.45, 2.75) is 19.9 Å². The van der Waals surface area contributed by atoms with E-state index in [0.717, 1.165) is 0 Å². The summed E-state index contributed by atoms with van der Waals surface area (Å²) in [7, 11) is 1.27. The van der Waals surface area contributed by atoms with Crippen LogP contribution in [-0.4, -0.2) is 35.0 Å². The molecule has 1 amide bonds. The van der Waals surface area contributed by atoms with Crippen LogP contribution in [-0.2, 0) is 9.53 Å². The quantitative estimate of drug-likeness (QED) is 0.828. The highest BCUT2D eigenvalue weighted by atomic mass is 35.5. The maximum Gasteiger partial charge on any atom is 0.328 e. The van der Waals surface area contributed by atoms with E-state index in [1.165, 1.54) is 19.5 Å². The lowest BCUT2D eigenvalue weighted by molar-refractivity contribution is -0.144. The summed E-state index contributed by atoms with van der Waals surface area (Å²) in [5, 5.41) is 2.65. The van der Waals surface area contributed by atoms with Gasteiger partial charge in [-0.2, -0.15) is 0 Å². The normalized spacial score (nSPS) is 12.1. The number of amides is 1. The molecule has 1 rings (SSSR count). The summed E-state index contributed by atoms with van der Waals surface area (Å²) in [5.74, 6) is -1.13. The number of nitrogens with zero attached hydrogens (tertiary/aromatic N) is 2. The molecule has 6 nitrogen and oxygen atoms in total. The Morgan fingerprint density at radius 2 is 2.06 bits per heavy atom. The second-order valence-corrected chi connectivity index (χ2v) is 4.33. The summed E-state index contributed by atoms with van der Waals surface area (Å²) in [4.78, 5) is 30.9. The van der Waals surface area contributed by atoms with E-state index >= 15 is 0 Å². The number of methoxy groups -OCH3 is 1. The molecule has 0 saturated carbocycles. The zero-order chi connectivity index (χ0) is 13.7. The van der Waals surface area contributed by atoms with E-state index in [1.807, 2.05) is 0 Å². The molecule has 0 saturated heterocycles. The average Bonchev–Trinajstić information content (AvgIpc) is 2.34. The van der Waals surface area contributed by atoms with Crippen LogP contribution in [0.25, 0.3) is 0 Å². The number of rotatable bonds is 4. The molecule has 1 aromatic heterocycles. The molecule has 98 valence electrons. The smallest absolute Gasteiger partial charge is 0.328 e. The lowest BCUT2D eigenvalue weighted by atomic mass is 10.0. The fourth-order valence-electron chi connectivity index (χ4n) is 1.29. The van der Waals surface area contributed by atoms with Gasteiger partial charge in [0.1, 0.15) is 16.9 Å². The van der Waals surface area contributed by atoms with Crippen molar-refractivity contribution in [3.05, 3.63) is 23.2 Å². The molecule has 1 aromatic rings. The Labute approximate surface area is 110 Å². The molecule has 0 aliphatic heterocycles. The molecule has 0 fully saturated rings. The molecular weight excluding hydrogens is 258 g/mol. The number of hydrogen-bond acceptors (Lipinski definition) is 5. The van der Waals surface area contributed by atoms with E-state index in [4.69, 9.17) is 11.6 Å². The molecule has 1 heterocycles. The minimum absolute atomic E-state index is 0.0528. The van der Waals surface area contributed by atoms with Crippen molar-refractivity contribution >= 4 is 23.5 Å². The van der Waals surface area contributed by atoms with Crippen LogP contribution in [0.5, 0.6) is 0 Å². The van der Waals surface area contributed by atoms with Crippen molar-refractivity contribution < 1.29 is 14.3 Å². The SMILES string of the molecule is COC(=O)[C@@H](NC(=O)c1cncc(Cl)n1)C(C)C. The van der Waals surface area contributed by atoms with Gasteiger partial charge < -0.3 is 10.1 Å². The molecule has 0 unspecified atom stereocenters. The first kappa shape index (κ1) is 14.4. The third-order valence-electron chi connectivity index (χ3n) is 2.25. The molecule has 7 heteroatoms. The van der Waals surface area contributed by atoms with E-state index < -0.39 is 17.9 Å². The monoisotopic (exact) mass is 271 g/mol. The van der Waals surface area contributed by atoms with E-state index in [0.29, 0.717) is 0 Å². The molecule has 0 aliphatic rings. The van der Waals surface area contributed by atoms with Crippen molar-refractivity contribution in [3.8, 4) is 0 Å². The number of carbonyl (C=O) groups is 2. The summed E-state index contributed by atoms with van der Waals surface area (Å²) < 4.78 is 4.62. The number of ether oxygens (including phenoxy) is 1. The number of hydrogen-bond donors (Lipinski definition) is 1. The topological polar surface area (TPSA) is 81.2 Å². The summed E-state index contributed by atoms with van der Waals surface area (Å²) >= 11 is 5.63. The van der Waals surface area contributed by atoms with E-state index in [-0.39, 0.29) is 16.8 Å². The molecule has 18 heavy (non-hydrogen) atoms. The Hall–Kier alpha value is -1.69. The highest BCUT2D eigenvalue weighted by Gasteiger charge is 2.25. The van der Waals surface area contributed by atoms with Crippen molar-refractivity contribution in [2.24, 2.45) is 5.92 Å². The number of halogens is 1. The molecule has 0 bridgehead atoms. The van der Waals surface area contributed by atoms with E-state index in [1.54, 1.807) is 13.8 Å². The first-order valence-corrected chi connectivity index (χ1v) is 5.69. The zero-order valence-electron chi connectivity index (χ0n) is 10.3. The van der Waals surface area contributed by atoms with Crippen molar-refractivity contribution in [2.75, 3.05) is 7.11 Å². The van der Waals surface area contributed by atoms with Crippen LogP contribution >= 0.6 is 11.6 Å². The van der Waals surface area contributed by atoms with Crippen LogP contribution in [0, 0.1) is 5.92 Å². The summed E-state index contributed by atoms with van der Waals surface area (Å²) in [6.45, 7) is 3.59. The van der Waals surface area contributed by atoms with Gasteiger partial charge in [-0.1, -0.05) is 25.4 Å². The Balaban J connectivity index is 2.82. The molecular formula is C11H14ClN3O3. The highest BCUT2D eigenvalue weighted by molar-refractivity contribution is 6.29. The highest BCUT2D eigenvalue weighted by Crippen LogP contribution is 2.06. The van der Waals surface area contributed by atoms with Gasteiger partial charge in [0.05, 0.1) is 19.5 Å². The first-order valence-electron chi connectivity index (χ1n) is 5.32. The van der Waals surface area contributed by atoms with Crippen molar-refractivity contribution in [1.82, 2.24) is 15.3 Å². The predicted molar refractivity (Wildman–Crippen MR) is 65.2 cm³/mol. The average molecular weight is 272 g/mol. The van der Waals surface area contributed by atoms with Gasteiger partial charge in [0.15, 0.2) is 0 Å². The summed E-state index contributed by atoms with van der Waals surface area (Å²) in [6, 6.07) is -0.733. The Kier molecular flexibility index (Phi) is 5.03. The Morgan fingerprint density at radius 3 is 2.56 bits per heavy atom. The number of esters is 1. The molecule has 0 radical (unpaired) electrons. The lowest BCUT2D eigenvalue weighted by Crippen LogP contribution is -2.45. The van der Waals surface area contributed by atoms with E-state index in [2.05, 4.69) is 20.0 Å². The van der Waals surface area contributed by atoms with Gasteiger partial charge in [-0.3, -0.25) is 9.78 Å². The Bertz CT molecular complexity index is 451. The van der Waals surface area contributed by atoms with Crippen molar-refractivity contribution in [1.29, 1.82) is 0 Å². The fourth-order valence-corrected chi connectivity index (χ4v) is 1.44. The minimum Gasteiger partial charge on any atom is -0.467 e. The molecule has 0 spiro atoms. The maximum absolute atomic E-state index is 11.9.